The number of likely N-dealkylation sites (tertiary alicyclic amines) is 1. The minimum Gasteiger partial charge on any atom is -0.454 e. The third-order valence-corrected chi connectivity index (χ3v) is 6.35. The van der Waals surface area contributed by atoms with Crippen LogP contribution in [-0.2, 0) is 17.6 Å². The Hall–Kier alpha value is -3.40. The van der Waals surface area contributed by atoms with Crippen LogP contribution >= 0.6 is 0 Å². The zero-order valence-electron chi connectivity index (χ0n) is 17.4. The van der Waals surface area contributed by atoms with Crippen molar-refractivity contribution in [3.05, 3.63) is 107 Å². The Morgan fingerprint density at radius 1 is 0.968 bits per heavy atom. The summed E-state index contributed by atoms with van der Waals surface area (Å²) in [5, 5.41) is 0. The van der Waals surface area contributed by atoms with Gasteiger partial charge in [-0.2, -0.15) is 0 Å². The van der Waals surface area contributed by atoms with Gasteiger partial charge in [-0.25, -0.2) is 4.79 Å². The topological polar surface area (TPSA) is 46.6 Å². The number of carbonyl (C=O) groups is 2. The lowest BCUT2D eigenvalue weighted by molar-refractivity contribution is 0.0252. The Morgan fingerprint density at radius 3 is 2.48 bits per heavy atom. The smallest absolute Gasteiger partial charge is 0.339 e. The van der Waals surface area contributed by atoms with E-state index in [2.05, 4.69) is 12.1 Å². The van der Waals surface area contributed by atoms with E-state index in [9.17, 15) is 9.59 Å². The van der Waals surface area contributed by atoms with Gasteiger partial charge in [0.2, 0.25) is 0 Å². The number of cyclic esters (lactones) is 1. The first-order chi connectivity index (χ1) is 15.2. The summed E-state index contributed by atoms with van der Waals surface area (Å²) in [5.41, 5.74) is 4.33. The van der Waals surface area contributed by atoms with Gasteiger partial charge in [-0.05, 0) is 54.2 Å². The molecular formula is C27H25NO3. The molecule has 0 bridgehead atoms. The molecule has 0 saturated carbocycles. The van der Waals surface area contributed by atoms with Crippen molar-refractivity contribution in [3.8, 4) is 0 Å². The van der Waals surface area contributed by atoms with Crippen molar-refractivity contribution in [1.82, 2.24) is 4.90 Å². The summed E-state index contributed by atoms with van der Waals surface area (Å²) >= 11 is 0. The quantitative estimate of drug-likeness (QED) is 0.569. The Balaban J connectivity index is 1.37. The molecule has 5 rings (SSSR count). The number of fused-ring (bicyclic) bond motifs is 1. The Bertz CT molecular complexity index is 1090. The van der Waals surface area contributed by atoms with Gasteiger partial charge in [-0.1, -0.05) is 60.7 Å². The Kier molecular flexibility index (Phi) is 5.29. The molecule has 2 aliphatic heterocycles. The lowest BCUT2D eigenvalue weighted by Gasteiger charge is -2.27. The molecular weight excluding hydrogens is 386 g/mol. The highest BCUT2D eigenvalue weighted by Gasteiger charge is 2.32. The number of hydrogen-bond donors (Lipinski definition) is 0. The second-order valence-corrected chi connectivity index (χ2v) is 8.37. The molecule has 0 spiro atoms. The molecule has 4 nitrogen and oxygen atoms in total. The van der Waals surface area contributed by atoms with Gasteiger partial charge in [-0.3, -0.25) is 4.79 Å². The molecule has 1 amide bonds. The van der Waals surface area contributed by atoms with E-state index in [0.29, 0.717) is 17.5 Å². The van der Waals surface area contributed by atoms with Gasteiger partial charge in [0.1, 0.15) is 6.10 Å². The van der Waals surface area contributed by atoms with Crippen LogP contribution in [0.2, 0.25) is 0 Å². The van der Waals surface area contributed by atoms with Crippen LogP contribution < -0.4 is 0 Å². The summed E-state index contributed by atoms with van der Waals surface area (Å²) in [6.07, 6.45) is 3.19. The third kappa shape index (κ3) is 3.98. The average molecular weight is 412 g/mol. The van der Waals surface area contributed by atoms with E-state index in [0.717, 1.165) is 36.9 Å². The molecule has 1 saturated heterocycles. The van der Waals surface area contributed by atoms with Crippen LogP contribution in [0.15, 0.2) is 78.9 Å². The van der Waals surface area contributed by atoms with E-state index in [1.165, 1.54) is 5.56 Å². The van der Waals surface area contributed by atoms with E-state index in [1.807, 2.05) is 59.5 Å². The summed E-state index contributed by atoms with van der Waals surface area (Å²) in [4.78, 5) is 27.9. The zero-order chi connectivity index (χ0) is 21.2. The molecule has 0 radical (unpaired) electrons. The van der Waals surface area contributed by atoms with Gasteiger partial charge >= 0.3 is 5.97 Å². The summed E-state index contributed by atoms with van der Waals surface area (Å²) in [6, 6.07) is 25.7. The van der Waals surface area contributed by atoms with Crippen molar-refractivity contribution < 1.29 is 14.3 Å². The SMILES string of the molecule is O=C1OC(c2ccccc2)Cc2cc(C(=O)N3CCCC3Cc3ccccc3)ccc21. The van der Waals surface area contributed by atoms with Crippen LogP contribution in [0.4, 0.5) is 0 Å². The monoisotopic (exact) mass is 411 g/mol. The molecule has 156 valence electrons. The van der Waals surface area contributed by atoms with Crippen LogP contribution in [0.5, 0.6) is 0 Å². The van der Waals surface area contributed by atoms with E-state index in [-0.39, 0.29) is 24.0 Å². The van der Waals surface area contributed by atoms with Gasteiger partial charge in [0.05, 0.1) is 5.56 Å². The van der Waals surface area contributed by atoms with Crippen LogP contribution in [0.1, 0.15) is 56.4 Å². The summed E-state index contributed by atoms with van der Waals surface area (Å²) < 4.78 is 5.65. The number of carbonyl (C=O) groups excluding carboxylic acids is 2. The molecule has 2 aliphatic rings. The van der Waals surface area contributed by atoms with Crippen molar-refractivity contribution >= 4 is 11.9 Å². The van der Waals surface area contributed by atoms with Crippen molar-refractivity contribution in [3.63, 3.8) is 0 Å². The van der Waals surface area contributed by atoms with Crippen molar-refractivity contribution in [1.29, 1.82) is 0 Å². The second kappa shape index (κ2) is 8.38. The predicted molar refractivity (Wildman–Crippen MR) is 119 cm³/mol. The summed E-state index contributed by atoms with van der Waals surface area (Å²) in [5.74, 6) is -0.270. The molecule has 3 aromatic rings. The fourth-order valence-electron chi connectivity index (χ4n) is 4.75. The first-order valence-corrected chi connectivity index (χ1v) is 10.9. The number of hydrogen-bond acceptors (Lipinski definition) is 3. The van der Waals surface area contributed by atoms with Gasteiger partial charge < -0.3 is 9.64 Å². The fourth-order valence-corrected chi connectivity index (χ4v) is 4.75. The fraction of sp³-hybridized carbons (Fsp3) is 0.259. The highest BCUT2D eigenvalue weighted by Crippen LogP contribution is 2.32. The predicted octanol–water partition coefficient (Wildman–Crippen LogP) is 4.99. The lowest BCUT2D eigenvalue weighted by atomic mass is 9.93. The minimum absolute atomic E-state index is 0.0523. The van der Waals surface area contributed by atoms with E-state index >= 15 is 0 Å². The summed E-state index contributed by atoms with van der Waals surface area (Å²) in [7, 11) is 0. The summed E-state index contributed by atoms with van der Waals surface area (Å²) in [6.45, 7) is 0.780. The molecule has 1 fully saturated rings. The highest BCUT2D eigenvalue weighted by molar-refractivity contribution is 5.98. The Morgan fingerprint density at radius 2 is 1.71 bits per heavy atom. The highest BCUT2D eigenvalue weighted by atomic mass is 16.5. The normalized spacial score (nSPS) is 20.3. The maximum atomic E-state index is 13.4. The number of rotatable bonds is 4. The van der Waals surface area contributed by atoms with Crippen molar-refractivity contribution in [2.45, 2.75) is 37.8 Å². The average Bonchev–Trinajstić information content (AvgIpc) is 3.27. The van der Waals surface area contributed by atoms with Crippen molar-refractivity contribution in [2.75, 3.05) is 6.54 Å². The van der Waals surface area contributed by atoms with Crippen LogP contribution in [0.25, 0.3) is 0 Å². The number of ether oxygens (including phenoxy) is 1. The Labute approximate surface area is 182 Å². The third-order valence-electron chi connectivity index (χ3n) is 6.35. The second-order valence-electron chi connectivity index (χ2n) is 8.37. The largest absolute Gasteiger partial charge is 0.454 e. The number of amides is 1. The molecule has 2 unspecified atom stereocenters. The lowest BCUT2D eigenvalue weighted by Crippen LogP contribution is -2.37. The minimum atomic E-state index is -0.322. The molecule has 3 aromatic carbocycles. The van der Waals surface area contributed by atoms with Gasteiger partial charge in [0, 0.05) is 24.6 Å². The van der Waals surface area contributed by atoms with Crippen molar-refractivity contribution in [2.24, 2.45) is 0 Å². The number of benzene rings is 3. The maximum absolute atomic E-state index is 13.4. The van der Waals surface area contributed by atoms with E-state index in [1.54, 1.807) is 12.1 Å². The number of esters is 1. The van der Waals surface area contributed by atoms with Crippen LogP contribution in [-0.4, -0.2) is 29.4 Å². The maximum Gasteiger partial charge on any atom is 0.339 e. The van der Waals surface area contributed by atoms with Crippen LogP contribution in [0, 0.1) is 0 Å². The molecule has 0 N–H and O–H groups in total. The molecule has 0 aromatic heterocycles. The molecule has 4 heteroatoms. The first kappa shape index (κ1) is 19.6. The zero-order valence-corrected chi connectivity index (χ0v) is 17.4. The van der Waals surface area contributed by atoms with Crippen LogP contribution in [0.3, 0.4) is 0 Å². The van der Waals surface area contributed by atoms with E-state index < -0.39 is 0 Å². The standard InChI is InChI=1S/C27H25NO3/c29-26(28-15-7-12-23(28)16-19-8-3-1-4-9-19)21-13-14-24-22(17-21)18-25(31-27(24)30)20-10-5-2-6-11-20/h1-6,8-11,13-14,17,23,25H,7,12,15-16,18H2. The van der Waals surface area contributed by atoms with E-state index in [4.69, 9.17) is 4.74 Å². The molecule has 2 atom stereocenters. The van der Waals surface area contributed by atoms with Gasteiger partial charge in [0.25, 0.3) is 5.91 Å². The molecule has 0 aliphatic carbocycles. The van der Waals surface area contributed by atoms with Gasteiger partial charge in [-0.15, -0.1) is 0 Å². The first-order valence-electron chi connectivity index (χ1n) is 10.9. The number of nitrogens with zero attached hydrogens (tertiary/aromatic N) is 1. The van der Waals surface area contributed by atoms with Gasteiger partial charge in [0.15, 0.2) is 0 Å². The molecule has 31 heavy (non-hydrogen) atoms. The molecule has 2 heterocycles.